The average molecular weight is 307 g/mol. The van der Waals surface area contributed by atoms with Gasteiger partial charge in [-0.1, -0.05) is 12.1 Å². The number of halogens is 1. The third-order valence-corrected chi connectivity index (χ3v) is 4.85. The Labute approximate surface area is 131 Å². The number of alkyl halides is 1. The van der Waals surface area contributed by atoms with E-state index in [2.05, 4.69) is 29.7 Å². The number of aromatic nitrogens is 2. The van der Waals surface area contributed by atoms with E-state index in [9.17, 15) is 0 Å². The topological polar surface area (TPSA) is 27.1 Å². The van der Waals surface area contributed by atoms with Gasteiger partial charge in [0.15, 0.2) is 0 Å². The predicted molar refractivity (Wildman–Crippen MR) is 87.1 cm³/mol. The molecule has 0 radical (unpaired) electrons. The molecule has 0 amide bonds. The number of fused-ring (bicyclic) bond motifs is 1. The molecule has 0 saturated heterocycles. The fraction of sp³-hybridized carbons (Fsp3) is 0.588. The second kappa shape index (κ2) is 5.98. The molecule has 0 bridgehead atoms. The molecule has 1 aliphatic rings. The minimum Gasteiger partial charge on any atom is -0.385 e. The van der Waals surface area contributed by atoms with Crippen molar-refractivity contribution in [1.82, 2.24) is 9.55 Å². The summed E-state index contributed by atoms with van der Waals surface area (Å²) in [6.45, 7) is 4.01. The van der Waals surface area contributed by atoms with Crippen LogP contribution in [0.5, 0.6) is 0 Å². The molecule has 0 aliphatic heterocycles. The van der Waals surface area contributed by atoms with E-state index in [1.165, 1.54) is 23.9 Å². The Bertz CT molecular complexity index is 631. The van der Waals surface area contributed by atoms with Gasteiger partial charge >= 0.3 is 0 Å². The van der Waals surface area contributed by atoms with E-state index in [1.807, 2.05) is 0 Å². The molecule has 1 heterocycles. The molecular formula is C17H23ClN2O. The van der Waals surface area contributed by atoms with Crippen LogP contribution >= 0.6 is 11.6 Å². The van der Waals surface area contributed by atoms with Gasteiger partial charge in [-0.25, -0.2) is 4.98 Å². The van der Waals surface area contributed by atoms with Crippen molar-refractivity contribution in [2.24, 2.45) is 5.41 Å². The molecule has 4 heteroatoms. The summed E-state index contributed by atoms with van der Waals surface area (Å²) >= 11 is 5.97. The van der Waals surface area contributed by atoms with Crippen molar-refractivity contribution < 1.29 is 4.74 Å². The molecule has 1 aromatic carbocycles. The van der Waals surface area contributed by atoms with Crippen molar-refractivity contribution in [1.29, 1.82) is 0 Å². The van der Waals surface area contributed by atoms with Gasteiger partial charge in [-0.05, 0) is 43.2 Å². The van der Waals surface area contributed by atoms with Crippen LogP contribution in [0.15, 0.2) is 18.2 Å². The Hall–Kier alpha value is -1.06. The van der Waals surface area contributed by atoms with Crippen molar-refractivity contribution >= 4 is 22.6 Å². The first-order valence-electron chi connectivity index (χ1n) is 7.69. The van der Waals surface area contributed by atoms with Crippen LogP contribution in [0.1, 0.15) is 30.7 Å². The Morgan fingerprint density at radius 2 is 2.19 bits per heavy atom. The molecule has 0 N–H and O–H groups in total. The van der Waals surface area contributed by atoms with Gasteiger partial charge in [0, 0.05) is 32.6 Å². The number of rotatable bonds is 7. The van der Waals surface area contributed by atoms with Gasteiger partial charge < -0.3 is 9.30 Å². The van der Waals surface area contributed by atoms with Crippen LogP contribution in [0, 0.1) is 12.3 Å². The van der Waals surface area contributed by atoms with E-state index in [-0.39, 0.29) is 0 Å². The molecule has 3 rings (SSSR count). The number of hydrogen-bond acceptors (Lipinski definition) is 2. The Morgan fingerprint density at radius 1 is 1.38 bits per heavy atom. The molecule has 1 saturated carbocycles. The first-order chi connectivity index (χ1) is 10.2. The fourth-order valence-electron chi connectivity index (χ4n) is 3.10. The molecule has 21 heavy (non-hydrogen) atoms. The maximum absolute atomic E-state index is 5.97. The van der Waals surface area contributed by atoms with Gasteiger partial charge in [-0.2, -0.15) is 0 Å². The number of para-hydroxylation sites is 1. The zero-order valence-electron chi connectivity index (χ0n) is 12.9. The molecule has 1 aromatic heterocycles. The fourth-order valence-corrected chi connectivity index (χ4v) is 3.27. The van der Waals surface area contributed by atoms with Crippen molar-refractivity contribution in [3.8, 4) is 0 Å². The van der Waals surface area contributed by atoms with Gasteiger partial charge in [0.25, 0.3) is 0 Å². The molecule has 0 unspecified atom stereocenters. The van der Waals surface area contributed by atoms with Crippen LogP contribution in [0.25, 0.3) is 11.0 Å². The lowest BCUT2D eigenvalue weighted by molar-refractivity contribution is 0.167. The van der Waals surface area contributed by atoms with E-state index >= 15 is 0 Å². The molecule has 0 atom stereocenters. The number of ether oxygens (including phenoxy) is 1. The molecular weight excluding hydrogens is 284 g/mol. The number of benzene rings is 1. The van der Waals surface area contributed by atoms with E-state index in [0.717, 1.165) is 37.3 Å². The highest BCUT2D eigenvalue weighted by molar-refractivity contribution is 6.17. The Balaban J connectivity index is 1.96. The Morgan fingerprint density at radius 3 is 2.86 bits per heavy atom. The molecule has 1 aliphatic carbocycles. The van der Waals surface area contributed by atoms with Gasteiger partial charge in [0.2, 0.25) is 0 Å². The SMILES string of the molecule is COCCC1(Cn2c(CCCl)nc3c(C)cccc32)CC1. The van der Waals surface area contributed by atoms with Gasteiger partial charge in [0.1, 0.15) is 5.82 Å². The summed E-state index contributed by atoms with van der Waals surface area (Å²) in [5, 5.41) is 0. The quantitative estimate of drug-likeness (QED) is 0.724. The number of hydrogen-bond donors (Lipinski definition) is 0. The monoisotopic (exact) mass is 306 g/mol. The molecule has 0 spiro atoms. The standard InChI is InChI=1S/C17H23ClN2O/c1-13-4-3-5-14-16(13)19-15(6-10-18)20(14)12-17(7-8-17)9-11-21-2/h3-5H,6-12H2,1-2H3. The van der Waals surface area contributed by atoms with Gasteiger partial charge in [-0.3, -0.25) is 0 Å². The smallest absolute Gasteiger partial charge is 0.111 e. The molecule has 3 nitrogen and oxygen atoms in total. The predicted octanol–water partition coefficient (Wildman–Crippen LogP) is 3.94. The van der Waals surface area contributed by atoms with Crippen molar-refractivity contribution in [2.75, 3.05) is 19.6 Å². The summed E-state index contributed by atoms with van der Waals surface area (Å²) in [7, 11) is 1.78. The summed E-state index contributed by atoms with van der Waals surface area (Å²) in [4.78, 5) is 4.84. The number of imidazole rings is 1. The molecule has 1 fully saturated rings. The van der Waals surface area contributed by atoms with Crippen molar-refractivity contribution in [2.45, 2.75) is 39.2 Å². The van der Waals surface area contributed by atoms with Gasteiger partial charge in [0.05, 0.1) is 11.0 Å². The molecule has 114 valence electrons. The summed E-state index contributed by atoms with van der Waals surface area (Å²) < 4.78 is 7.67. The van der Waals surface area contributed by atoms with Gasteiger partial charge in [-0.15, -0.1) is 11.6 Å². The lowest BCUT2D eigenvalue weighted by Gasteiger charge is -2.18. The normalized spacial score (nSPS) is 16.5. The molecule has 2 aromatic rings. The number of nitrogens with zero attached hydrogens (tertiary/aromatic N) is 2. The van der Waals surface area contributed by atoms with Crippen LogP contribution in [0.3, 0.4) is 0 Å². The van der Waals surface area contributed by atoms with Crippen LogP contribution in [0.2, 0.25) is 0 Å². The first kappa shape index (κ1) is 14.9. The minimum atomic E-state index is 0.411. The zero-order chi connectivity index (χ0) is 14.9. The second-order valence-corrected chi connectivity index (χ2v) is 6.62. The third kappa shape index (κ3) is 2.95. The second-order valence-electron chi connectivity index (χ2n) is 6.24. The van der Waals surface area contributed by atoms with E-state index in [1.54, 1.807) is 7.11 Å². The van der Waals surface area contributed by atoms with E-state index in [4.69, 9.17) is 21.3 Å². The Kier molecular flexibility index (Phi) is 4.23. The maximum atomic E-state index is 5.97. The van der Waals surface area contributed by atoms with Crippen LogP contribution < -0.4 is 0 Å². The minimum absolute atomic E-state index is 0.411. The largest absolute Gasteiger partial charge is 0.385 e. The van der Waals surface area contributed by atoms with E-state index < -0.39 is 0 Å². The van der Waals surface area contributed by atoms with Crippen LogP contribution in [0.4, 0.5) is 0 Å². The van der Waals surface area contributed by atoms with Crippen molar-refractivity contribution in [3.05, 3.63) is 29.6 Å². The van der Waals surface area contributed by atoms with Crippen LogP contribution in [-0.2, 0) is 17.7 Å². The first-order valence-corrected chi connectivity index (χ1v) is 8.22. The maximum Gasteiger partial charge on any atom is 0.111 e. The highest BCUT2D eigenvalue weighted by atomic mass is 35.5. The highest BCUT2D eigenvalue weighted by Crippen LogP contribution is 2.50. The zero-order valence-corrected chi connectivity index (χ0v) is 13.6. The summed E-state index contributed by atoms with van der Waals surface area (Å²) in [6.07, 6.45) is 4.55. The summed E-state index contributed by atoms with van der Waals surface area (Å²) in [5.41, 5.74) is 4.02. The summed E-state index contributed by atoms with van der Waals surface area (Å²) in [5.74, 6) is 1.74. The van der Waals surface area contributed by atoms with E-state index in [0.29, 0.717) is 11.3 Å². The summed E-state index contributed by atoms with van der Waals surface area (Å²) in [6, 6.07) is 6.43. The average Bonchev–Trinajstić information content (AvgIpc) is 3.16. The highest BCUT2D eigenvalue weighted by Gasteiger charge is 2.42. The lowest BCUT2D eigenvalue weighted by atomic mass is 10.0. The number of methoxy groups -OCH3 is 1. The lowest BCUT2D eigenvalue weighted by Crippen LogP contribution is -2.16. The third-order valence-electron chi connectivity index (χ3n) is 4.66. The van der Waals surface area contributed by atoms with Crippen LogP contribution in [-0.4, -0.2) is 29.1 Å². The van der Waals surface area contributed by atoms with Crippen molar-refractivity contribution in [3.63, 3.8) is 0 Å². The number of aryl methyl sites for hydroxylation is 2.